The fourth-order valence-electron chi connectivity index (χ4n) is 4.79. The zero-order chi connectivity index (χ0) is 23.2. The number of nitrogens with one attached hydrogen (secondary N) is 2. The van der Waals surface area contributed by atoms with Crippen molar-refractivity contribution in [2.75, 3.05) is 44.6 Å². The first-order valence-electron chi connectivity index (χ1n) is 11.8. The molecular weight excluding hydrogens is 419 g/mol. The van der Waals surface area contributed by atoms with Crippen LogP contribution in [0.3, 0.4) is 0 Å². The molecule has 176 valence electrons. The fourth-order valence-corrected chi connectivity index (χ4v) is 4.79. The molecule has 4 rings (SSSR count). The van der Waals surface area contributed by atoms with E-state index in [9.17, 15) is 14.0 Å². The number of amides is 2. The fraction of sp³-hybridized carbons (Fsp3) is 0.462. The first-order chi connectivity index (χ1) is 16.0. The Morgan fingerprint density at radius 1 is 1.09 bits per heavy atom. The van der Waals surface area contributed by atoms with Crippen LogP contribution in [0.4, 0.5) is 14.9 Å². The molecule has 2 heterocycles. The van der Waals surface area contributed by atoms with Crippen molar-refractivity contribution in [1.29, 1.82) is 0 Å². The number of halogens is 1. The van der Waals surface area contributed by atoms with Crippen molar-refractivity contribution in [1.82, 2.24) is 15.1 Å². The van der Waals surface area contributed by atoms with Crippen molar-refractivity contribution < 1.29 is 14.0 Å². The SMILES string of the molecule is CC(=O)c1cccc(NC(=O)N2CCNC(CN3CCC(Cc4ccc(F)cc4)CC3)C2)c1. The molecule has 0 bridgehead atoms. The van der Waals surface area contributed by atoms with E-state index < -0.39 is 0 Å². The predicted octanol–water partition coefficient (Wildman–Crippen LogP) is 3.79. The van der Waals surface area contributed by atoms with Crippen LogP contribution in [0.1, 0.15) is 35.7 Å². The second-order valence-corrected chi connectivity index (χ2v) is 9.24. The molecule has 2 fully saturated rings. The minimum atomic E-state index is -0.180. The van der Waals surface area contributed by atoms with Gasteiger partial charge in [-0.15, -0.1) is 0 Å². The van der Waals surface area contributed by atoms with E-state index in [2.05, 4.69) is 15.5 Å². The number of carbonyl (C=O) groups is 2. The maximum absolute atomic E-state index is 13.1. The van der Waals surface area contributed by atoms with Crippen molar-refractivity contribution >= 4 is 17.5 Å². The summed E-state index contributed by atoms with van der Waals surface area (Å²) in [6.07, 6.45) is 3.29. The lowest BCUT2D eigenvalue weighted by molar-refractivity contribution is 0.101. The summed E-state index contributed by atoms with van der Waals surface area (Å²) >= 11 is 0. The summed E-state index contributed by atoms with van der Waals surface area (Å²) in [5.41, 5.74) is 2.44. The number of anilines is 1. The second kappa shape index (κ2) is 10.9. The zero-order valence-electron chi connectivity index (χ0n) is 19.2. The van der Waals surface area contributed by atoms with Gasteiger partial charge < -0.3 is 20.4 Å². The molecule has 2 saturated heterocycles. The van der Waals surface area contributed by atoms with Crippen molar-refractivity contribution in [3.05, 3.63) is 65.5 Å². The number of likely N-dealkylation sites (tertiary alicyclic amines) is 1. The third-order valence-electron chi connectivity index (χ3n) is 6.69. The van der Waals surface area contributed by atoms with Crippen LogP contribution in [0, 0.1) is 11.7 Å². The Balaban J connectivity index is 1.23. The Hall–Kier alpha value is -2.77. The van der Waals surface area contributed by atoms with Gasteiger partial charge in [-0.1, -0.05) is 24.3 Å². The van der Waals surface area contributed by atoms with Crippen molar-refractivity contribution in [3.63, 3.8) is 0 Å². The molecule has 0 radical (unpaired) electrons. The number of hydrogen-bond donors (Lipinski definition) is 2. The molecule has 2 N–H and O–H groups in total. The quantitative estimate of drug-likeness (QED) is 0.655. The largest absolute Gasteiger partial charge is 0.322 e. The third kappa shape index (κ3) is 6.62. The topological polar surface area (TPSA) is 64.7 Å². The van der Waals surface area contributed by atoms with Crippen LogP contribution in [-0.2, 0) is 6.42 Å². The van der Waals surface area contributed by atoms with E-state index in [1.54, 1.807) is 36.4 Å². The number of piperazine rings is 1. The summed E-state index contributed by atoms with van der Waals surface area (Å²) in [6.45, 7) is 6.64. The molecule has 0 aromatic heterocycles. The van der Waals surface area contributed by atoms with Gasteiger partial charge in [-0.25, -0.2) is 9.18 Å². The number of rotatable bonds is 6. The van der Waals surface area contributed by atoms with E-state index in [0.717, 1.165) is 45.4 Å². The molecule has 2 aromatic carbocycles. The van der Waals surface area contributed by atoms with E-state index >= 15 is 0 Å². The van der Waals surface area contributed by atoms with Gasteiger partial charge in [-0.2, -0.15) is 0 Å². The van der Waals surface area contributed by atoms with Crippen LogP contribution >= 0.6 is 0 Å². The van der Waals surface area contributed by atoms with Crippen LogP contribution < -0.4 is 10.6 Å². The summed E-state index contributed by atoms with van der Waals surface area (Å²) in [5.74, 6) is 0.440. The summed E-state index contributed by atoms with van der Waals surface area (Å²) < 4.78 is 13.1. The van der Waals surface area contributed by atoms with Gasteiger partial charge in [0.1, 0.15) is 5.82 Å². The second-order valence-electron chi connectivity index (χ2n) is 9.24. The van der Waals surface area contributed by atoms with Crippen LogP contribution in [0.5, 0.6) is 0 Å². The number of ketones is 1. The van der Waals surface area contributed by atoms with Crippen LogP contribution in [0.2, 0.25) is 0 Å². The first kappa shape index (κ1) is 23.4. The van der Waals surface area contributed by atoms with Gasteiger partial charge in [0.25, 0.3) is 0 Å². The highest BCUT2D eigenvalue weighted by Gasteiger charge is 2.27. The molecule has 2 amide bonds. The maximum Gasteiger partial charge on any atom is 0.321 e. The highest BCUT2D eigenvalue weighted by atomic mass is 19.1. The molecule has 33 heavy (non-hydrogen) atoms. The van der Waals surface area contributed by atoms with Gasteiger partial charge >= 0.3 is 6.03 Å². The van der Waals surface area contributed by atoms with Crippen LogP contribution in [-0.4, -0.2) is 66.9 Å². The average molecular weight is 453 g/mol. The molecule has 1 atom stereocenters. The molecule has 0 saturated carbocycles. The Labute approximate surface area is 195 Å². The third-order valence-corrected chi connectivity index (χ3v) is 6.69. The van der Waals surface area contributed by atoms with Gasteiger partial charge in [0.2, 0.25) is 0 Å². The monoisotopic (exact) mass is 452 g/mol. The average Bonchev–Trinajstić information content (AvgIpc) is 2.82. The van der Waals surface area contributed by atoms with Crippen molar-refractivity contribution in [3.8, 4) is 0 Å². The van der Waals surface area contributed by atoms with Gasteiger partial charge in [-0.3, -0.25) is 4.79 Å². The maximum atomic E-state index is 13.1. The molecule has 7 heteroatoms. The number of benzene rings is 2. The summed E-state index contributed by atoms with van der Waals surface area (Å²) in [5, 5.41) is 6.49. The number of piperidine rings is 1. The van der Waals surface area contributed by atoms with Crippen LogP contribution in [0.25, 0.3) is 0 Å². The number of hydrogen-bond acceptors (Lipinski definition) is 4. The molecule has 1 unspecified atom stereocenters. The van der Waals surface area contributed by atoms with Crippen molar-refractivity contribution in [2.24, 2.45) is 5.92 Å². The van der Waals surface area contributed by atoms with E-state index in [4.69, 9.17) is 0 Å². The van der Waals surface area contributed by atoms with Gasteiger partial charge in [0.15, 0.2) is 5.78 Å². The Morgan fingerprint density at radius 2 is 1.85 bits per heavy atom. The van der Waals surface area contributed by atoms with Gasteiger partial charge in [-0.05, 0) is 75.0 Å². The summed E-state index contributed by atoms with van der Waals surface area (Å²) in [6, 6.07) is 14.0. The Bertz CT molecular complexity index is 957. The minimum Gasteiger partial charge on any atom is -0.322 e. The zero-order valence-corrected chi connectivity index (χ0v) is 19.2. The van der Waals surface area contributed by atoms with E-state index in [-0.39, 0.29) is 23.7 Å². The van der Waals surface area contributed by atoms with Gasteiger partial charge in [0.05, 0.1) is 0 Å². The molecule has 0 spiro atoms. The standard InChI is InChI=1S/C26H33FN4O2/c1-19(32)22-3-2-4-24(16-22)29-26(33)31-14-11-28-25(18-31)17-30-12-9-21(10-13-30)15-20-5-7-23(27)8-6-20/h2-8,16,21,25,28H,9-15,17-18H2,1H3,(H,29,33). The lowest BCUT2D eigenvalue weighted by atomic mass is 9.90. The Morgan fingerprint density at radius 3 is 2.58 bits per heavy atom. The molecule has 2 aliphatic rings. The van der Waals surface area contributed by atoms with E-state index in [1.807, 2.05) is 17.0 Å². The summed E-state index contributed by atoms with van der Waals surface area (Å²) in [4.78, 5) is 28.7. The first-order valence-corrected chi connectivity index (χ1v) is 11.8. The highest BCUT2D eigenvalue weighted by Crippen LogP contribution is 2.22. The number of carbonyl (C=O) groups excluding carboxylic acids is 2. The molecule has 0 aliphatic carbocycles. The van der Waals surface area contributed by atoms with E-state index in [1.165, 1.54) is 12.5 Å². The van der Waals surface area contributed by atoms with Crippen LogP contribution in [0.15, 0.2) is 48.5 Å². The number of nitrogens with zero attached hydrogens (tertiary/aromatic N) is 2. The number of urea groups is 1. The predicted molar refractivity (Wildman–Crippen MR) is 128 cm³/mol. The lowest BCUT2D eigenvalue weighted by Crippen LogP contribution is -2.57. The molecular formula is C26H33FN4O2. The molecule has 2 aromatic rings. The lowest BCUT2D eigenvalue weighted by Gasteiger charge is -2.38. The minimum absolute atomic E-state index is 0.0187. The Kier molecular flexibility index (Phi) is 7.73. The normalized spacial score (nSPS) is 19.9. The van der Waals surface area contributed by atoms with E-state index in [0.29, 0.717) is 30.3 Å². The summed E-state index contributed by atoms with van der Waals surface area (Å²) in [7, 11) is 0. The molecule has 6 nitrogen and oxygen atoms in total. The van der Waals surface area contributed by atoms with Gasteiger partial charge in [0, 0.05) is 43.5 Å². The van der Waals surface area contributed by atoms with Crippen molar-refractivity contribution in [2.45, 2.75) is 32.2 Å². The number of Topliss-reactive ketones (excluding diaryl/α,β-unsaturated/α-hetero) is 1. The highest BCUT2D eigenvalue weighted by molar-refractivity contribution is 5.96. The molecule has 2 aliphatic heterocycles. The smallest absolute Gasteiger partial charge is 0.321 e.